The third kappa shape index (κ3) is 3.87. The zero-order valence-corrected chi connectivity index (χ0v) is 16.8. The molecule has 2 N–H and O–H groups in total. The van der Waals surface area contributed by atoms with E-state index < -0.39 is 0 Å². The van der Waals surface area contributed by atoms with Crippen molar-refractivity contribution in [1.29, 1.82) is 0 Å². The number of hydrogen-bond acceptors (Lipinski definition) is 3. The fourth-order valence-electron chi connectivity index (χ4n) is 3.52. The van der Waals surface area contributed by atoms with Crippen molar-refractivity contribution >= 4 is 22.6 Å². The van der Waals surface area contributed by atoms with Crippen LogP contribution in [0.4, 0.5) is 5.82 Å². The van der Waals surface area contributed by atoms with E-state index in [2.05, 4.69) is 33.1 Å². The van der Waals surface area contributed by atoms with Crippen molar-refractivity contribution in [3.05, 3.63) is 65.7 Å². The van der Waals surface area contributed by atoms with Crippen LogP contribution in [0.2, 0.25) is 0 Å². The number of carbonyl (C=O) groups excluding carboxylic acids is 1. The third-order valence-corrected chi connectivity index (χ3v) is 5.03. The van der Waals surface area contributed by atoms with Crippen LogP contribution in [0.5, 0.6) is 5.75 Å². The van der Waals surface area contributed by atoms with E-state index >= 15 is 0 Å². The van der Waals surface area contributed by atoms with E-state index in [0.717, 1.165) is 40.1 Å². The maximum Gasteiger partial charge on any atom is 0.229 e. The first kappa shape index (κ1) is 18.8. The number of benzene rings is 2. The van der Waals surface area contributed by atoms with Gasteiger partial charge in [-0.05, 0) is 37.6 Å². The van der Waals surface area contributed by atoms with Crippen molar-refractivity contribution in [3.8, 4) is 17.1 Å². The number of hydrogen-bond donors (Lipinski definition) is 2. The first-order chi connectivity index (χ1) is 14.1. The predicted molar refractivity (Wildman–Crippen MR) is 115 cm³/mol. The number of aromatic nitrogens is 3. The lowest BCUT2D eigenvalue weighted by Gasteiger charge is -2.07. The van der Waals surface area contributed by atoms with Crippen LogP contribution >= 0.6 is 0 Å². The predicted octanol–water partition coefficient (Wildman–Crippen LogP) is 4.55. The van der Waals surface area contributed by atoms with E-state index in [9.17, 15) is 4.79 Å². The highest BCUT2D eigenvalue weighted by molar-refractivity contribution is 5.92. The molecule has 0 fully saturated rings. The Labute approximate surface area is 169 Å². The molecule has 0 unspecified atom stereocenters. The van der Waals surface area contributed by atoms with Crippen LogP contribution < -0.4 is 10.1 Å². The number of H-pyrrole nitrogens is 1. The molecule has 0 aliphatic rings. The molecule has 4 rings (SSSR count). The summed E-state index contributed by atoms with van der Waals surface area (Å²) < 4.78 is 7.56. The maximum atomic E-state index is 12.4. The van der Waals surface area contributed by atoms with Crippen molar-refractivity contribution in [1.82, 2.24) is 14.8 Å². The normalized spacial score (nSPS) is 11.0. The number of rotatable bonds is 6. The lowest BCUT2D eigenvalue weighted by molar-refractivity contribution is -0.115. The van der Waals surface area contributed by atoms with Crippen LogP contribution in [0.1, 0.15) is 18.1 Å². The summed E-state index contributed by atoms with van der Waals surface area (Å²) in [6, 6.07) is 18.0. The minimum atomic E-state index is -0.0901. The molecule has 0 saturated carbocycles. The van der Waals surface area contributed by atoms with Gasteiger partial charge in [0, 0.05) is 24.1 Å². The molecule has 0 radical (unpaired) electrons. The van der Waals surface area contributed by atoms with Crippen molar-refractivity contribution in [2.24, 2.45) is 0 Å². The lowest BCUT2D eigenvalue weighted by atomic mass is 10.1. The molecule has 148 valence electrons. The maximum absolute atomic E-state index is 12.4. The number of aromatic amines is 1. The van der Waals surface area contributed by atoms with Gasteiger partial charge in [0.1, 0.15) is 5.75 Å². The van der Waals surface area contributed by atoms with Gasteiger partial charge in [-0.2, -0.15) is 5.10 Å². The summed E-state index contributed by atoms with van der Waals surface area (Å²) in [4.78, 5) is 12.4. The molecule has 0 aliphatic heterocycles. The summed E-state index contributed by atoms with van der Waals surface area (Å²) in [5, 5.41) is 11.3. The summed E-state index contributed by atoms with van der Waals surface area (Å²) in [7, 11) is 1.67. The fraction of sp³-hybridized carbons (Fsp3) is 0.217. The molecule has 2 heterocycles. The number of fused-ring (bicyclic) bond motifs is 1. The van der Waals surface area contributed by atoms with Crippen molar-refractivity contribution in [2.45, 2.75) is 26.8 Å². The summed E-state index contributed by atoms with van der Waals surface area (Å²) in [6.07, 6.45) is 0.317. The Morgan fingerprint density at radius 3 is 2.66 bits per heavy atom. The molecule has 2 aromatic carbocycles. The Hall–Kier alpha value is -3.54. The minimum Gasteiger partial charge on any atom is -0.497 e. The summed E-state index contributed by atoms with van der Waals surface area (Å²) in [5.41, 5.74) is 5.12. The van der Waals surface area contributed by atoms with Gasteiger partial charge in [0.25, 0.3) is 0 Å². The van der Waals surface area contributed by atoms with E-state index in [1.807, 2.05) is 55.5 Å². The van der Waals surface area contributed by atoms with Crippen LogP contribution in [-0.4, -0.2) is 27.8 Å². The van der Waals surface area contributed by atoms with E-state index in [0.29, 0.717) is 12.2 Å². The second kappa shape index (κ2) is 7.83. The Morgan fingerprint density at radius 2 is 1.93 bits per heavy atom. The number of nitrogens with zero attached hydrogens (tertiary/aromatic N) is 2. The Balaban J connectivity index is 1.55. The number of aryl methyl sites for hydroxylation is 2. The van der Waals surface area contributed by atoms with Crippen LogP contribution in [0.3, 0.4) is 0 Å². The van der Waals surface area contributed by atoms with E-state index in [1.54, 1.807) is 7.11 Å². The van der Waals surface area contributed by atoms with Gasteiger partial charge in [-0.1, -0.05) is 29.8 Å². The monoisotopic (exact) mass is 388 g/mol. The van der Waals surface area contributed by atoms with E-state index in [-0.39, 0.29) is 5.91 Å². The average Bonchev–Trinajstić information content (AvgIpc) is 3.32. The van der Waals surface area contributed by atoms with Gasteiger partial charge in [-0.25, -0.2) is 0 Å². The van der Waals surface area contributed by atoms with Gasteiger partial charge in [0.2, 0.25) is 5.91 Å². The molecule has 2 aromatic heterocycles. The first-order valence-corrected chi connectivity index (χ1v) is 9.66. The smallest absolute Gasteiger partial charge is 0.229 e. The molecule has 1 amide bonds. The first-order valence-electron chi connectivity index (χ1n) is 9.66. The molecular weight excluding hydrogens is 364 g/mol. The number of amides is 1. The lowest BCUT2D eigenvalue weighted by Crippen LogP contribution is -2.14. The summed E-state index contributed by atoms with van der Waals surface area (Å²) >= 11 is 0. The topological polar surface area (TPSA) is 71.9 Å². The standard InChI is InChI=1S/C23H24N4O2/c1-4-27-20-13-18(29-3)10-9-17(20)12-21(27)19-14-22(26-25-19)24-23(28)11-16-7-5-15(2)6-8-16/h5-10,12-14H,4,11H2,1-3H3,(H2,24,25,26,28). The zero-order valence-electron chi connectivity index (χ0n) is 16.8. The van der Waals surface area contributed by atoms with E-state index in [4.69, 9.17) is 4.74 Å². The molecule has 0 saturated heterocycles. The Morgan fingerprint density at radius 1 is 1.14 bits per heavy atom. The Kier molecular flexibility index (Phi) is 5.08. The SMILES string of the molecule is CCn1c(-c2cc(NC(=O)Cc3ccc(C)cc3)n[nH]2)cc2ccc(OC)cc21. The number of carbonyl (C=O) groups is 1. The summed E-state index contributed by atoms with van der Waals surface area (Å²) in [5.74, 6) is 1.25. The van der Waals surface area contributed by atoms with Crippen LogP contribution in [0, 0.1) is 6.92 Å². The van der Waals surface area contributed by atoms with Gasteiger partial charge in [-0.15, -0.1) is 0 Å². The van der Waals surface area contributed by atoms with E-state index in [1.165, 1.54) is 5.56 Å². The molecule has 0 atom stereocenters. The van der Waals surface area contributed by atoms with Gasteiger partial charge in [0.15, 0.2) is 5.82 Å². The van der Waals surface area contributed by atoms with Crippen molar-refractivity contribution in [2.75, 3.05) is 12.4 Å². The molecule has 0 bridgehead atoms. The quantitative estimate of drug-likeness (QED) is 0.509. The molecular formula is C23H24N4O2. The molecule has 6 nitrogen and oxygen atoms in total. The largest absolute Gasteiger partial charge is 0.497 e. The highest BCUT2D eigenvalue weighted by Crippen LogP contribution is 2.30. The highest BCUT2D eigenvalue weighted by Gasteiger charge is 2.14. The molecule has 0 aliphatic carbocycles. The number of nitrogens with one attached hydrogen (secondary N) is 2. The van der Waals surface area contributed by atoms with Crippen LogP contribution in [-0.2, 0) is 17.8 Å². The Bertz CT molecular complexity index is 1160. The van der Waals surface area contributed by atoms with Gasteiger partial charge < -0.3 is 14.6 Å². The second-order valence-electron chi connectivity index (χ2n) is 7.08. The number of methoxy groups -OCH3 is 1. The summed E-state index contributed by atoms with van der Waals surface area (Å²) in [6.45, 7) is 4.93. The van der Waals surface area contributed by atoms with Crippen LogP contribution in [0.25, 0.3) is 22.3 Å². The average molecular weight is 388 g/mol. The van der Waals surface area contributed by atoms with Gasteiger partial charge in [0.05, 0.1) is 30.4 Å². The van der Waals surface area contributed by atoms with Gasteiger partial charge in [-0.3, -0.25) is 9.89 Å². The minimum absolute atomic E-state index is 0.0901. The fourth-order valence-corrected chi connectivity index (χ4v) is 3.52. The van der Waals surface area contributed by atoms with Crippen molar-refractivity contribution in [3.63, 3.8) is 0 Å². The second-order valence-corrected chi connectivity index (χ2v) is 7.08. The highest BCUT2D eigenvalue weighted by atomic mass is 16.5. The zero-order chi connectivity index (χ0) is 20.4. The molecule has 6 heteroatoms. The van der Waals surface area contributed by atoms with Gasteiger partial charge >= 0.3 is 0 Å². The third-order valence-electron chi connectivity index (χ3n) is 5.03. The molecule has 4 aromatic rings. The molecule has 29 heavy (non-hydrogen) atoms. The van der Waals surface area contributed by atoms with Crippen LogP contribution in [0.15, 0.2) is 54.6 Å². The number of ether oxygens (including phenoxy) is 1. The number of anilines is 1. The van der Waals surface area contributed by atoms with Crippen molar-refractivity contribution < 1.29 is 9.53 Å². The molecule has 0 spiro atoms.